The monoisotopic (exact) mass is 384 g/mol. The first-order valence-electron chi connectivity index (χ1n) is 11.5. The quantitative estimate of drug-likeness (QED) is 0.758. The topological polar surface area (TPSA) is 32.3 Å². The molecule has 4 aliphatic rings. The maximum absolute atomic E-state index is 12.3. The number of hydrogen-bond acceptors (Lipinski definition) is 2. The Morgan fingerprint density at radius 1 is 1.14 bits per heavy atom. The van der Waals surface area contributed by atoms with Crippen LogP contribution in [0.2, 0.25) is 0 Å². The van der Waals surface area contributed by atoms with Crippen molar-refractivity contribution in [3.63, 3.8) is 0 Å². The molecule has 0 heterocycles. The van der Waals surface area contributed by atoms with Gasteiger partial charge in [0.1, 0.15) is 0 Å². The van der Waals surface area contributed by atoms with Crippen molar-refractivity contribution < 1.29 is 4.79 Å². The molecule has 0 aromatic heterocycles. The number of nitrogens with zero attached hydrogens (tertiary/aromatic N) is 1. The molecule has 3 nitrogen and oxygen atoms in total. The Bertz CT molecular complexity index is 707. The standard InChI is InChI=1S/C25H40N2O/c1-16(23(28)26-4)20-9-10-21-19-8-7-17-15-18(27(5)6)11-13-24(17,2)22(19)12-14-25(20,21)3/h9-10,16-19,22H,7-8,11-15H2,1-6H3,(H,26,28)/t16?,17?,18?,19-,22-,24-,25+/m0/s1. The van der Waals surface area contributed by atoms with Gasteiger partial charge in [0.15, 0.2) is 0 Å². The lowest BCUT2D eigenvalue weighted by atomic mass is 9.45. The van der Waals surface area contributed by atoms with E-state index in [9.17, 15) is 4.79 Å². The van der Waals surface area contributed by atoms with Crippen LogP contribution in [0.5, 0.6) is 0 Å². The molecule has 3 heteroatoms. The summed E-state index contributed by atoms with van der Waals surface area (Å²) in [7, 11) is 6.28. The van der Waals surface area contributed by atoms with Crippen molar-refractivity contribution in [3.8, 4) is 0 Å². The lowest BCUT2D eigenvalue weighted by molar-refractivity contribution is -0.123. The maximum Gasteiger partial charge on any atom is 0.226 e. The van der Waals surface area contributed by atoms with Gasteiger partial charge in [0, 0.05) is 18.5 Å². The first-order valence-corrected chi connectivity index (χ1v) is 11.5. The van der Waals surface area contributed by atoms with Crippen LogP contribution in [0.15, 0.2) is 23.3 Å². The average molecular weight is 385 g/mol. The van der Waals surface area contributed by atoms with Crippen molar-refractivity contribution in [3.05, 3.63) is 23.3 Å². The Kier molecular flexibility index (Phi) is 5.05. The van der Waals surface area contributed by atoms with Gasteiger partial charge in [-0.25, -0.2) is 0 Å². The minimum absolute atomic E-state index is 0.0252. The zero-order chi connectivity index (χ0) is 20.3. The van der Waals surface area contributed by atoms with E-state index in [0.717, 1.165) is 23.8 Å². The highest BCUT2D eigenvalue weighted by Crippen LogP contribution is 2.65. The first-order chi connectivity index (χ1) is 13.2. The summed E-state index contributed by atoms with van der Waals surface area (Å²) in [5.41, 5.74) is 3.62. The maximum atomic E-state index is 12.3. The molecule has 3 unspecified atom stereocenters. The Morgan fingerprint density at radius 3 is 2.57 bits per heavy atom. The van der Waals surface area contributed by atoms with Crippen LogP contribution in [0.3, 0.4) is 0 Å². The number of allylic oxidation sites excluding steroid dienone is 3. The minimum Gasteiger partial charge on any atom is -0.359 e. The summed E-state index contributed by atoms with van der Waals surface area (Å²) in [5, 5.41) is 2.86. The largest absolute Gasteiger partial charge is 0.359 e. The second-order valence-electron chi connectivity index (χ2n) is 10.8. The molecule has 0 saturated heterocycles. The second kappa shape index (κ2) is 7.00. The van der Waals surface area contributed by atoms with E-state index in [1.807, 2.05) is 0 Å². The molecule has 0 aliphatic heterocycles. The predicted molar refractivity (Wildman–Crippen MR) is 116 cm³/mol. The van der Waals surface area contributed by atoms with Gasteiger partial charge < -0.3 is 10.2 Å². The predicted octanol–water partition coefficient (Wildman–Crippen LogP) is 4.80. The molecule has 0 spiro atoms. The molecule has 1 amide bonds. The Balaban J connectivity index is 1.56. The number of fused-ring (bicyclic) bond motifs is 5. The molecule has 0 aromatic rings. The van der Waals surface area contributed by atoms with Gasteiger partial charge in [0.25, 0.3) is 0 Å². The number of carbonyl (C=O) groups excluding carboxylic acids is 1. The summed E-state index contributed by atoms with van der Waals surface area (Å²) in [4.78, 5) is 14.8. The second-order valence-corrected chi connectivity index (χ2v) is 10.8. The van der Waals surface area contributed by atoms with Gasteiger partial charge in [-0.15, -0.1) is 0 Å². The fraction of sp³-hybridized carbons (Fsp3) is 0.800. The van der Waals surface area contributed by atoms with Gasteiger partial charge in [-0.1, -0.05) is 31.6 Å². The van der Waals surface area contributed by atoms with Crippen molar-refractivity contribution in [2.45, 2.75) is 71.8 Å². The van der Waals surface area contributed by atoms with Crippen LogP contribution >= 0.6 is 0 Å². The lowest BCUT2D eigenvalue weighted by Crippen LogP contribution is -2.53. The van der Waals surface area contributed by atoms with Crippen molar-refractivity contribution >= 4 is 5.91 Å². The van der Waals surface area contributed by atoms with Gasteiger partial charge >= 0.3 is 0 Å². The van der Waals surface area contributed by atoms with Gasteiger partial charge in [0.05, 0.1) is 5.92 Å². The van der Waals surface area contributed by atoms with Crippen LogP contribution in [-0.2, 0) is 4.79 Å². The highest BCUT2D eigenvalue weighted by Gasteiger charge is 2.57. The molecule has 3 saturated carbocycles. The molecule has 156 valence electrons. The first kappa shape index (κ1) is 20.2. The molecular weight excluding hydrogens is 344 g/mol. The molecule has 28 heavy (non-hydrogen) atoms. The number of nitrogens with one attached hydrogen (secondary N) is 1. The number of amides is 1. The highest BCUT2D eigenvalue weighted by atomic mass is 16.1. The van der Waals surface area contributed by atoms with E-state index in [0.29, 0.717) is 5.41 Å². The zero-order valence-electron chi connectivity index (χ0n) is 18.8. The zero-order valence-corrected chi connectivity index (χ0v) is 18.8. The van der Waals surface area contributed by atoms with E-state index in [1.54, 1.807) is 12.6 Å². The molecule has 3 fully saturated rings. The average Bonchev–Trinajstić information content (AvgIpc) is 3.03. The third kappa shape index (κ3) is 2.83. The third-order valence-corrected chi connectivity index (χ3v) is 9.57. The summed E-state index contributed by atoms with van der Waals surface area (Å²) in [6.07, 6.45) is 14.1. The molecule has 0 radical (unpaired) electrons. The van der Waals surface area contributed by atoms with Gasteiger partial charge in [-0.3, -0.25) is 4.79 Å². The summed E-state index contributed by atoms with van der Waals surface area (Å²) in [6, 6.07) is 0.774. The summed E-state index contributed by atoms with van der Waals surface area (Å²) in [5.74, 6) is 2.57. The number of hydrogen-bond donors (Lipinski definition) is 1. The van der Waals surface area contributed by atoms with Crippen LogP contribution in [0.4, 0.5) is 0 Å². The number of carbonyl (C=O) groups is 1. The molecule has 1 N–H and O–H groups in total. The van der Waals surface area contributed by atoms with Gasteiger partial charge in [-0.05, 0) is 94.7 Å². The fourth-order valence-corrected chi connectivity index (χ4v) is 7.71. The SMILES string of the molecule is CNC(=O)C(C)C1=CC=C2[C@@H]3CCC4CC(N(C)C)CC[C@]4(C)[C@H]3CC[C@]12C. The van der Waals surface area contributed by atoms with E-state index in [4.69, 9.17) is 0 Å². The molecular formula is C25H40N2O. The Hall–Kier alpha value is -1.09. The fourth-order valence-electron chi connectivity index (χ4n) is 7.71. The Morgan fingerprint density at radius 2 is 1.89 bits per heavy atom. The van der Waals surface area contributed by atoms with E-state index < -0.39 is 0 Å². The van der Waals surface area contributed by atoms with E-state index >= 15 is 0 Å². The summed E-state index contributed by atoms with van der Waals surface area (Å²) in [6.45, 7) is 7.13. The normalized spacial score (nSPS) is 43.4. The molecule has 7 atom stereocenters. The highest BCUT2D eigenvalue weighted by molar-refractivity contribution is 5.82. The van der Waals surface area contributed by atoms with Crippen molar-refractivity contribution in [1.82, 2.24) is 10.2 Å². The van der Waals surface area contributed by atoms with Crippen molar-refractivity contribution in [1.29, 1.82) is 0 Å². The molecule has 0 bridgehead atoms. The van der Waals surface area contributed by atoms with E-state index in [-0.39, 0.29) is 17.2 Å². The Labute approximate surface area is 172 Å². The van der Waals surface area contributed by atoms with Crippen molar-refractivity contribution in [2.24, 2.45) is 34.5 Å². The lowest BCUT2D eigenvalue weighted by Gasteiger charge is -2.60. The van der Waals surface area contributed by atoms with Gasteiger partial charge in [-0.2, -0.15) is 0 Å². The van der Waals surface area contributed by atoms with Crippen LogP contribution in [0, 0.1) is 34.5 Å². The third-order valence-electron chi connectivity index (χ3n) is 9.57. The van der Waals surface area contributed by atoms with E-state index in [2.05, 4.69) is 57.2 Å². The number of rotatable bonds is 3. The van der Waals surface area contributed by atoms with Crippen LogP contribution in [-0.4, -0.2) is 38.0 Å². The summed E-state index contributed by atoms with van der Waals surface area (Å²) >= 11 is 0. The van der Waals surface area contributed by atoms with Crippen LogP contribution in [0.25, 0.3) is 0 Å². The molecule has 4 aliphatic carbocycles. The minimum atomic E-state index is -0.0252. The van der Waals surface area contributed by atoms with E-state index in [1.165, 1.54) is 50.5 Å². The smallest absolute Gasteiger partial charge is 0.226 e. The van der Waals surface area contributed by atoms with Crippen LogP contribution < -0.4 is 5.32 Å². The van der Waals surface area contributed by atoms with Crippen LogP contribution in [0.1, 0.15) is 65.7 Å². The van der Waals surface area contributed by atoms with Crippen molar-refractivity contribution in [2.75, 3.05) is 21.1 Å². The van der Waals surface area contributed by atoms with Gasteiger partial charge in [0.2, 0.25) is 5.91 Å². The summed E-state index contributed by atoms with van der Waals surface area (Å²) < 4.78 is 0. The molecule has 4 rings (SSSR count). The molecule has 0 aromatic carbocycles.